The predicted molar refractivity (Wildman–Crippen MR) is 174 cm³/mol. The van der Waals surface area contributed by atoms with E-state index in [1.54, 1.807) is 0 Å². The molecule has 0 spiro atoms. The van der Waals surface area contributed by atoms with Crippen molar-refractivity contribution in [2.75, 3.05) is 0 Å². The summed E-state index contributed by atoms with van der Waals surface area (Å²) in [5.41, 5.74) is 0. The molecule has 0 amide bonds. The number of rotatable bonds is 22. The second-order valence-electron chi connectivity index (χ2n) is 10.3. The molecule has 0 radical (unpaired) electrons. The molecule has 0 saturated heterocycles. The molecule has 0 bridgehead atoms. The minimum Gasteiger partial charge on any atom is -0.481 e. The summed E-state index contributed by atoms with van der Waals surface area (Å²) in [6, 6.07) is 0. The molecule has 42 heavy (non-hydrogen) atoms. The molecule has 252 valence electrons. The van der Waals surface area contributed by atoms with Crippen LogP contribution in [0, 0.1) is 13.8 Å². The number of hydrogen-bond acceptors (Lipinski definition) is 6. The van der Waals surface area contributed by atoms with Crippen molar-refractivity contribution in [1.82, 2.24) is 0 Å². The van der Waals surface area contributed by atoms with Crippen molar-refractivity contribution in [3.63, 3.8) is 0 Å². The summed E-state index contributed by atoms with van der Waals surface area (Å²) < 4.78 is 0. The van der Waals surface area contributed by atoms with Crippen LogP contribution < -0.4 is 0 Å². The first-order valence-corrected chi connectivity index (χ1v) is 18.1. The van der Waals surface area contributed by atoms with Gasteiger partial charge in [-0.05, 0) is 12.8 Å². The first-order valence-electron chi connectivity index (χ1n) is 16.3. The fourth-order valence-corrected chi connectivity index (χ4v) is 3.17. The van der Waals surface area contributed by atoms with E-state index in [1.165, 1.54) is 103 Å². The van der Waals surface area contributed by atoms with Gasteiger partial charge in [0.25, 0.3) is 0 Å². The number of carboxylic acid groups (broad SMARTS) is 2. The molecule has 0 aromatic rings. The molecule has 0 saturated carbocycles. The van der Waals surface area contributed by atoms with Gasteiger partial charge in [0.15, 0.2) is 0 Å². The second-order valence-corrected chi connectivity index (χ2v) is 11.5. The fraction of sp³-hybridized carbons (Fsp3) is 0.875. The van der Waals surface area contributed by atoms with E-state index in [1.807, 2.05) is 0 Å². The van der Waals surface area contributed by atoms with Gasteiger partial charge in [-0.2, -0.15) is 12.8 Å². The van der Waals surface area contributed by atoms with Gasteiger partial charge < -0.3 is 43.2 Å². The third kappa shape index (κ3) is 106. The smallest absolute Gasteiger partial charge is 0.481 e. The van der Waals surface area contributed by atoms with E-state index in [0.717, 1.165) is 38.5 Å². The molecule has 8 nitrogen and oxygen atoms in total. The summed E-state index contributed by atoms with van der Waals surface area (Å²) >= 11 is 0. The van der Waals surface area contributed by atoms with Crippen molar-refractivity contribution in [2.45, 2.75) is 182 Å². The predicted octanol–water partition coefficient (Wildman–Crippen LogP) is 8.61. The number of hydrogen-bond donors (Lipinski definition) is 6. The molecule has 0 heterocycles. The van der Waals surface area contributed by atoms with Crippen molar-refractivity contribution >= 4 is 21.0 Å². The van der Waals surface area contributed by atoms with Crippen LogP contribution in [0.5, 0.6) is 0 Å². The standard InChI is InChI=1S/2C12H24O2.2C4H9.H4O4Si.Zn/c2*1-2-3-4-5-6-7-8-9-10-11-12(13)14;2*1-3-4-2;1-5(2,3)4;/h2*2-11H2,1H3,(H,13,14);2*1,3-4H2,2H3;1-4H;/q;;2*-1;;+2. The molecule has 0 aliphatic rings. The monoisotopic (exact) mass is 674 g/mol. The Kier molecular flexibility index (Phi) is 64.8. The Hall–Kier alpha value is -0.380. The van der Waals surface area contributed by atoms with Crippen LogP contribution >= 0.6 is 0 Å². The molecule has 0 aliphatic heterocycles. The maximum Gasteiger partial charge on any atom is 2.00 e. The molecule has 0 atom stereocenters. The zero-order chi connectivity index (χ0) is 32.6. The average Bonchev–Trinajstić information content (AvgIpc) is 2.90. The van der Waals surface area contributed by atoms with Crippen LogP contribution in [-0.2, 0) is 29.1 Å². The zero-order valence-electron chi connectivity index (χ0n) is 28.1. The quantitative estimate of drug-likeness (QED) is 0.0378. The van der Waals surface area contributed by atoms with E-state index in [9.17, 15) is 9.59 Å². The van der Waals surface area contributed by atoms with E-state index < -0.39 is 21.0 Å². The summed E-state index contributed by atoms with van der Waals surface area (Å²) in [6.45, 7) is 15.9. The van der Waals surface area contributed by atoms with Crippen molar-refractivity contribution in [1.29, 1.82) is 0 Å². The number of carboxylic acids is 2. The van der Waals surface area contributed by atoms with Gasteiger partial charge in [0.2, 0.25) is 0 Å². The number of carbonyl (C=O) groups is 2. The Morgan fingerprint density at radius 1 is 0.452 bits per heavy atom. The van der Waals surface area contributed by atoms with Gasteiger partial charge in [-0.25, -0.2) is 0 Å². The van der Waals surface area contributed by atoms with Crippen LogP contribution in [0.4, 0.5) is 0 Å². The van der Waals surface area contributed by atoms with Gasteiger partial charge in [-0.15, -0.1) is 0 Å². The van der Waals surface area contributed by atoms with Gasteiger partial charge in [0, 0.05) is 12.8 Å². The van der Waals surface area contributed by atoms with Gasteiger partial charge in [-0.1, -0.05) is 143 Å². The molecule has 0 aromatic heterocycles. The summed E-state index contributed by atoms with van der Waals surface area (Å²) in [7, 11) is -4.61. The van der Waals surface area contributed by atoms with Crippen LogP contribution in [0.1, 0.15) is 182 Å². The van der Waals surface area contributed by atoms with Gasteiger partial charge in [0.05, 0.1) is 0 Å². The zero-order valence-corrected chi connectivity index (χ0v) is 32.1. The van der Waals surface area contributed by atoms with Crippen LogP contribution in [0.25, 0.3) is 0 Å². The van der Waals surface area contributed by atoms with Crippen LogP contribution in [0.2, 0.25) is 0 Å². The van der Waals surface area contributed by atoms with Crippen molar-refractivity contribution in [2.24, 2.45) is 0 Å². The van der Waals surface area contributed by atoms with Gasteiger partial charge in [0.1, 0.15) is 0 Å². The van der Waals surface area contributed by atoms with E-state index in [4.69, 9.17) is 29.4 Å². The van der Waals surface area contributed by atoms with Crippen LogP contribution in [0.3, 0.4) is 0 Å². The normalized spacial score (nSPS) is 9.76. The van der Waals surface area contributed by atoms with E-state index in [2.05, 4.69) is 41.5 Å². The van der Waals surface area contributed by atoms with E-state index >= 15 is 0 Å². The average molecular weight is 676 g/mol. The summed E-state index contributed by atoms with van der Waals surface area (Å²) in [5, 5.41) is 16.8. The van der Waals surface area contributed by atoms with Crippen molar-refractivity contribution in [3.8, 4) is 0 Å². The maximum atomic E-state index is 10.2. The minimum absolute atomic E-state index is 0. The molecule has 6 N–H and O–H groups in total. The van der Waals surface area contributed by atoms with Crippen molar-refractivity contribution in [3.05, 3.63) is 13.8 Å². The molecule has 0 aromatic carbocycles. The first kappa shape index (κ1) is 54.1. The Morgan fingerprint density at radius 2 is 0.619 bits per heavy atom. The molecular weight excluding hydrogens is 606 g/mol. The Bertz CT molecular complexity index is 432. The third-order valence-corrected chi connectivity index (χ3v) is 5.70. The van der Waals surface area contributed by atoms with E-state index in [-0.39, 0.29) is 19.5 Å². The Morgan fingerprint density at radius 3 is 0.762 bits per heavy atom. The molecule has 0 fully saturated rings. The minimum atomic E-state index is -4.61. The second kappa shape index (κ2) is 50.3. The third-order valence-electron chi connectivity index (χ3n) is 5.70. The number of aliphatic carboxylic acids is 2. The molecule has 0 aliphatic carbocycles. The maximum absolute atomic E-state index is 10.2. The Labute approximate surface area is 274 Å². The SMILES string of the molecule is CCCCCCCCCCCC(=O)O.CCCCCCCCCCCC(=O)O.O[Si](O)(O)O.[CH2-]CCC.[CH2-]CCC.[Zn+2]. The van der Waals surface area contributed by atoms with Crippen molar-refractivity contribution < 1.29 is 58.5 Å². The molecular formula is C32H70O8SiZn. The summed E-state index contributed by atoms with van der Waals surface area (Å²) in [4.78, 5) is 49.7. The van der Waals surface area contributed by atoms with Crippen LogP contribution in [0.15, 0.2) is 0 Å². The fourth-order valence-electron chi connectivity index (χ4n) is 3.17. The first-order chi connectivity index (χ1) is 19.4. The molecule has 10 heteroatoms. The van der Waals surface area contributed by atoms with Crippen LogP contribution in [-0.4, -0.2) is 50.4 Å². The summed E-state index contributed by atoms with van der Waals surface area (Å²) in [6.07, 6.45) is 27.5. The molecule has 0 rings (SSSR count). The summed E-state index contributed by atoms with van der Waals surface area (Å²) in [5.74, 6) is -1.32. The van der Waals surface area contributed by atoms with Gasteiger partial charge in [-0.3, -0.25) is 9.59 Å². The topological polar surface area (TPSA) is 156 Å². The number of unbranched alkanes of at least 4 members (excludes halogenated alkanes) is 18. The Balaban J connectivity index is -0.000000108. The van der Waals surface area contributed by atoms with E-state index in [0.29, 0.717) is 12.8 Å². The van der Waals surface area contributed by atoms with Gasteiger partial charge >= 0.3 is 40.5 Å². The largest absolute Gasteiger partial charge is 2.00 e. The molecule has 0 unspecified atom stereocenters.